The summed E-state index contributed by atoms with van der Waals surface area (Å²) in [5, 5.41) is 0. The molecule has 2 rings (SSSR count). The minimum absolute atomic E-state index is 0.244. The molecule has 0 aliphatic heterocycles. The highest BCUT2D eigenvalue weighted by molar-refractivity contribution is 5.32. The molecule has 0 aliphatic rings. The van der Waals surface area contributed by atoms with Gasteiger partial charge in [-0.1, -0.05) is 30.3 Å². The summed E-state index contributed by atoms with van der Waals surface area (Å²) in [4.78, 5) is 4.35. The van der Waals surface area contributed by atoms with E-state index in [0.29, 0.717) is 0 Å². The van der Waals surface area contributed by atoms with Gasteiger partial charge in [0.2, 0.25) is 0 Å². The summed E-state index contributed by atoms with van der Waals surface area (Å²) in [6.45, 7) is 0.244. The van der Waals surface area contributed by atoms with Crippen molar-refractivity contribution in [3.8, 4) is 5.75 Å². The molecule has 1 aromatic carbocycles. The van der Waals surface area contributed by atoms with Crippen molar-refractivity contribution in [1.82, 2.24) is 4.98 Å². The lowest BCUT2D eigenvalue weighted by Crippen LogP contribution is -2.03. The van der Waals surface area contributed by atoms with E-state index in [1.165, 1.54) is 5.56 Å². The molecule has 0 spiro atoms. The van der Waals surface area contributed by atoms with E-state index in [1.54, 1.807) is 13.3 Å². The molecule has 3 nitrogen and oxygen atoms in total. The molecular formula is C14H15NO2. The van der Waals surface area contributed by atoms with E-state index >= 15 is 0 Å². The fourth-order valence-corrected chi connectivity index (χ4v) is 1.60. The largest absolute Gasteiger partial charge is 0.466 e. The van der Waals surface area contributed by atoms with Gasteiger partial charge in [0.15, 0.2) is 6.79 Å². The molecule has 0 saturated carbocycles. The lowest BCUT2D eigenvalue weighted by Gasteiger charge is -2.09. The molecule has 0 saturated heterocycles. The van der Waals surface area contributed by atoms with E-state index in [-0.39, 0.29) is 6.79 Å². The van der Waals surface area contributed by atoms with E-state index in [2.05, 4.69) is 17.1 Å². The lowest BCUT2D eigenvalue weighted by molar-refractivity contribution is 0.0502. The second-order valence-corrected chi connectivity index (χ2v) is 3.66. The van der Waals surface area contributed by atoms with Crippen LogP contribution in [-0.2, 0) is 11.2 Å². The van der Waals surface area contributed by atoms with Crippen LogP contribution in [0.4, 0.5) is 0 Å². The third kappa shape index (κ3) is 3.29. The predicted molar refractivity (Wildman–Crippen MR) is 66.0 cm³/mol. The van der Waals surface area contributed by atoms with Gasteiger partial charge in [0.05, 0.1) is 5.69 Å². The van der Waals surface area contributed by atoms with Gasteiger partial charge in [-0.05, 0) is 17.7 Å². The van der Waals surface area contributed by atoms with Gasteiger partial charge in [-0.15, -0.1) is 0 Å². The number of aromatic nitrogens is 1. The number of benzene rings is 1. The number of pyridine rings is 1. The van der Waals surface area contributed by atoms with Crippen molar-refractivity contribution >= 4 is 0 Å². The van der Waals surface area contributed by atoms with Crippen LogP contribution in [0.15, 0.2) is 48.7 Å². The number of ether oxygens (including phenoxy) is 2. The lowest BCUT2D eigenvalue weighted by atomic mass is 10.1. The maximum atomic E-state index is 5.47. The molecular weight excluding hydrogens is 214 g/mol. The van der Waals surface area contributed by atoms with Crippen LogP contribution in [0.3, 0.4) is 0 Å². The van der Waals surface area contributed by atoms with Crippen molar-refractivity contribution in [2.75, 3.05) is 13.9 Å². The number of rotatable bonds is 5. The fourth-order valence-electron chi connectivity index (χ4n) is 1.60. The average Bonchev–Trinajstić information content (AvgIpc) is 2.39. The highest BCUT2D eigenvalue weighted by atomic mass is 16.7. The van der Waals surface area contributed by atoms with E-state index in [1.807, 2.05) is 30.3 Å². The first kappa shape index (κ1) is 11.6. The zero-order chi connectivity index (χ0) is 11.9. The maximum absolute atomic E-state index is 5.47. The Balaban J connectivity index is 2.15. The molecule has 2 aromatic rings. The Morgan fingerprint density at radius 2 is 1.88 bits per heavy atom. The van der Waals surface area contributed by atoms with Crippen molar-refractivity contribution in [2.24, 2.45) is 0 Å². The number of nitrogens with zero attached hydrogens (tertiary/aromatic N) is 1. The van der Waals surface area contributed by atoms with E-state index in [9.17, 15) is 0 Å². The van der Waals surface area contributed by atoms with Crippen LogP contribution in [0.2, 0.25) is 0 Å². The predicted octanol–water partition coefficient (Wildman–Crippen LogP) is 2.66. The van der Waals surface area contributed by atoms with Gasteiger partial charge >= 0.3 is 0 Å². The van der Waals surface area contributed by atoms with E-state index < -0.39 is 0 Å². The van der Waals surface area contributed by atoms with Crippen LogP contribution in [0, 0.1) is 0 Å². The fraction of sp³-hybridized carbons (Fsp3) is 0.214. The number of hydrogen-bond acceptors (Lipinski definition) is 3. The van der Waals surface area contributed by atoms with Gasteiger partial charge < -0.3 is 9.47 Å². The van der Waals surface area contributed by atoms with Gasteiger partial charge in [0, 0.05) is 19.7 Å². The summed E-state index contributed by atoms with van der Waals surface area (Å²) >= 11 is 0. The van der Waals surface area contributed by atoms with Crippen LogP contribution >= 0.6 is 0 Å². The first-order chi connectivity index (χ1) is 8.40. The summed E-state index contributed by atoms with van der Waals surface area (Å²) < 4.78 is 10.4. The Labute approximate surface area is 101 Å². The first-order valence-electron chi connectivity index (χ1n) is 5.49. The summed E-state index contributed by atoms with van der Waals surface area (Å²) in [6.07, 6.45) is 2.54. The van der Waals surface area contributed by atoms with Gasteiger partial charge in [-0.2, -0.15) is 0 Å². The second-order valence-electron chi connectivity index (χ2n) is 3.66. The molecule has 88 valence electrons. The SMILES string of the molecule is COCOc1cccnc1Cc1ccccc1. The van der Waals surface area contributed by atoms with Gasteiger partial charge in [-0.3, -0.25) is 4.98 Å². The van der Waals surface area contributed by atoms with Crippen molar-refractivity contribution in [3.05, 3.63) is 59.9 Å². The monoisotopic (exact) mass is 229 g/mol. The molecule has 1 aromatic heterocycles. The maximum Gasteiger partial charge on any atom is 0.188 e. The highest BCUT2D eigenvalue weighted by Gasteiger charge is 2.05. The Bertz CT molecular complexity index is 457. The van der Waals surface area contributed by atoms with Gasteiger partial charge in [0.25, 0.3) is 0 Å². The van der Waals surface area contributed by atoms with Crippen LogP contribution in [-0.4, -0.2) is 18.9 Å². The Kier molecular flexibility index (Phi) is 4.11. The Hall–Kier alpha value is -1.87. The number of methoxy groups -OCH3 is 1. The summed E-state index contributed by atoms with van der Waals surface area (Å²) in [7, 11) is 1.60. The molecule has 0 N–H and O–H groups in total. The standard InChI is InChI=1S/C14H15NO2/c1-16-11-17-14-8-5-9-15-13(14)10-12-6-3-2-4-7-12/h2-9H,10-11H2,1H3. The third-order valence-corrected chi connectivity index (χ3v) is 2.40. The van der Waals surface area contributed by atoms with Crippen LogP contribution in [0.25, 0.3) is 0 Å². The van der Waals surface area contributed by atoms with Crippen molar-refractivity contribution < 1.29 is 9.47 Å². The quantitative estimate of drug-likeness (QED) is 0.739. The molecule has 0 unspecified atom stereocenters. The first-order valence-corrected chi connectivity index (χ1v) is 5.49. The zero-order valence-corrected chi connectivity index (χ0v) is 9.80. The smallest absolute Gasteiger partial charge is 0.188 e. The van der Waals surface area contributed by atoms with E-state index in [0.717, 1.165) is 17.9 Å². The molecule has 0 aliphatic carbocycles. The third-order valence-electron chi connectivity index (χ3n) is 2.40. The summed E-state index contributed by atoms with van der Waals surface area (Å²) in [5.41, 5.74) is 2.14. The highest BCUT2D eigenvalue weighted by Crippen LogP contribution is 2.18. The molecule has 0 radical (unpaired) electrons. The molecule has 17 heavy (non-hydrogen) atoms. The number of hydrogen-bond donors (Lipinski definition) is 0. The molecule has 0 amide bonds. The van der Waals surface area contributed by atoms with Gasteiger partial charge in [-0.25, -0.2) is 0 Å². The molecule has 1 heterocycles. The minimum Gasteiger partial charge on any atom is -0.466 e. The van der Waals surface area contributed by atoms with Gasteiger partial charge in [0.1, 0.15) is 5.75 Å². The average molecular weight is 229 g/mol. The topological polar surface area (TPSA) is 31.4 Å². The van der Waals surface area contributed by atoms with E-state index in [4.69, 9.17) is 9.47 Å². The van der Waals surface area contributed by atoms with Crippen LogP contribution < -0.4 is 4.74 Å². The van der Waals surface area contributed by atoms with Crippen molar-refractivity contribution in [3.63, 3.8) is 0 Å². The van der Waals surface area contributed by atoms with Crippen LogP contribution in [0.5, 0.6) is 5.75 Å². The molecule has 0 fully saturated rings. The van der Waals surface area contributed by atoms with Crippen LogP contribution in [0.1, 0.15) is 11.3 Å². The minimum atomic E-state index is 0.244. The normalized spacial score (nSPS) is 10.2. The summed E-state index contributed by atoms with van der Waals surface area (Å²) in [5.74, 6) is 0.776. The molecule has 0 bridgehead atoms. The molecule has 0 atom stereocenters. The Morgan fingerprint density at radius 1 is 1.06 bits per heavy atom. The summed E-state index contributed by atoms with van der Waals surface area (Å²) in [6, 6.07) is 14.0. The Morgan fingerprint density at radius 3 is 2.65 bits per heavy atom. The second kappa shape index (κ2) is 6.01. The van der Waals surface area contributed by atoms with Crippen molar-refractivity contribution in [2.45, 2.75) is 6.42 Å². The zero-order valence-electron chi connectivity index (χ0n) is 9.80. The molecule has 3 heteroatoms. The van der Waals surface area contributed by atoms with Crippen molar-refractivity contribution in [1.29, 1.82) is 0 Å².